The van der Waals surface area contributed by atoms with Crippen LogP contribution in [0.25, 0.3) is 28.2 Å². The number of aromatic nitrogens is 5. The normalized spacial score (nSPS) is 14.4. The summed E-state index contributed by atoms with van der Waals surface area (Å²) in [5.41, 5.74) is 6.89. The molecule has 1 aromatic carbocycles. The van der Waals surface area contributed by atoms with Crippen LogP contribution in [0.2, 0.25) is 0 Å². The molecule has 0 atom stereocenters. The zero-order valence-corrected chi connectivity index (χ0v) is 22.1. The van der Waals surface area contributed by atoms with Crippen molar-refractivity contribution in [3.8, 4) is 22.5 Å². The molecule has 1 fully saturated rings. The van der Waals surface area contributed by atoms with Crippen molar-refractivity contribution in [1.29, 1.82) is 0 Å². The van der Waals surface area contributed by atoms with Crippen LogP contribution in [-0.2, 0) is 12.7 Å². The predicted molar refractivity (Wildman–Crippen MR) is 146 cm³/mol. The summed E-state index contributed by atoms with van der Waals surface area (Å²) >= 11 is 0. The zero-order valence-electron chi connectivity index (χ0n) is 22.1. The minimum absolute atomic E-state index is 0.0467. The molecule has 4 aromatic heterocycles. The number of halogens is 4. The number of nitrogen functional groups attached to an aromatic ring is 1. The number of hydrogen-bond acceptors (Lipinski definition) is 7. The second-order valence-electron chi connectivity index (χ2n) is 9.91. The highest BCUT2D eigenvalue weighted by Crippen LogP contribution is 2.35. The number of nitrogens with two attached hydrogens (primary N) is 1. The standard InChI is InChI=1S/C29H24F4N8O/c30-23-13-19(3-4-21(23)28(42)40-10-8-39(9-11-40)17-18-2-1-7-35-14-18)25-16-36-26-6-5-24(38-41(25)26)20-12-22(29(31,32)33)27(34)37-15-20/h1-7,12-16H,8-11,17H2,(H2,34,37). The smallest absolute Gasteiger partial charge is 0.383 e. The van der Waals surface area contributed by atoms with Gasteiger partial charge in [0.1, 0.15) is 11.6 Å². The van der Waals surface area contributed by atoms with Gasteiger partial charge in [0.2, 0.25) is 0 Å². The third kappa shape index (κ3) is 5.38. The third-order valence-electron chi connectivity index (χ3n) is 7.17. The Morgan fingerprint density at radius 2 is 1.74 bits per heavy atom. The fraction of sp³-hybridized carbons (Fsp3) is 0.207. The molecule has 1 amide bonds. The van der Waals surface area contributed by atoms with E-state index in [4.69, 9.17) is 5.73 Å². The minimum Gasteiger partial charge on any atom is -0.383 e. The van der Waals surface area contributed by atoms with Crippen molar-refractivity contribution < 1.29 is 22.4 Å². The van der Waals surface area contributed by atoms with E-state index in [-0.39, 0.29) is 16.8 Å². The molecular weight excluding hydrogens is 552 g/mol. The Labute approximate surface area is 237 Å². The number of rotatable bonds is 5. The largest absolute Gasteiger partial charge is 0.419 e. The van der Waals surface area contributed by atoms with Crippen LogP contribution in [0.15, 0.2) is 73.3 Å². The molecular formula is C29H24F4N8O. The molecule has 0 saturated carbocycles. The average Bonchev–Trinajstić information content (AvgIpc) is 3.41. The van der Waals surface area contributed by atoms with Gasteiger partial charge in [-0.15, -0.1) is 0 Å². The van der Waals surface area contributed by atoms with E-state index in [1.165, 1.54) is 35.1 Å². The summed E-state index contributed by atoms with van der Waals surface area (Å²) in [5.74, 6) is -1.72. The molecule has 0 spiro atoms. The Hall–Kier alpha value is -4.91. The lowest BCUT2D eigenvalue weighted by Gasteiger charge is -2.34. The Kier molecular flexibility index (Phi) is 7.02. The van der Waals surface area contributed by atoms with Gasteiger partial charge in [0.05, 0.1) is 28.7 Å². The summed E-state index contributed by atoms with van der Waals surface area (Å²) in [6.45, 7) is 2.98. The van der Waals surface area contributed by atoms with Crippen LogP contribution in [0.4, 0.5) is 23.4 Å². The maximum Gasteiger partial charge on any atom is 0.419 e. The van der Waals surface area contributed by atoms with Crippen LogP contribution >= 0.6 is 0 Å². The molecule has 1 saturated heterocycles. The van der Waals surface area contributed by atoms with Crippen LogP contribution in [0.5, 0.6) is 0 Å². The first-order valence-electron chi connectivity index (χ1n) is 13.1. The first kappa shape index (κ1) is 27.3. The van der Waals surface area contributed by atoms with Gasteiger partial charge in [-0.05, 0) is 42.0 Å². The molecule has 5 aromatic rings. The second-order valence-corrected chi connectivity index (χ2v) is 9.91. The summed E-state index contributed by atoms with van der Waals surface area (Å²) in [5, 5.41) is 4.43. The minimum atomic E-state index is -4.68. The van der Waals surface area contributed by atoms with Crippen molar-refractivity contribution in [2.45, 2.75) is 12.7 Å². The number of hydrogen-bond donors (Lipinski definition) is 1. The molecule has 42 heavy (non-hydrogen) atoms. The average molecular weight is 577 g/mol. The maximum absolute atomic E-state index is 15.3. The Morgan fingerprint density at radius 3 is 2.45 bits per heavy atom. The molecule has 2 N–H and O–H groups in total. The highest BCUT2D eigenvalue weighted by atomic mass is 19.4. The van der Waals surface area contributed by atoms with Crippen LogP contribution in [0.3, 0.4) is 0 Å². The van der Waals surface area contributed by atoms with Gasteiger partial charge in [0.25, 0.3) is 5.91 Å². The van der Waals surface area contributed by atoms with Crippen molar-refractivity contribution >= 4 is 17.4 Å². The van der Waals surface area contributed by atoms with Gasteiger partial charge in [-0.2, -0.15) is 18.3 Å². The topological polar surface area (TPSA) is 106 Å². The van der Waals surface area contributed by atoms with Crippen LogP contribution < -0.4 is 5.73 Å². The van der Waals surface area contributed by atoms with Crippen LogP contribution in [0.1, 0.15) is 21.5 Å². The van der Waals surface area contributed by atoms with Crippen LogP contribution in [-0.4, -0.2) is 66.5 Å². The predicted octanol–water partition coefficient (Wildman–Crippen LogP) is 4.55. The number of imidazole rings is 1. The van der Waals surface area contributed by atoms with Gasteiger partial charge < -0.3 is 10.6 Å². The van der Waals surface area contributed by atoms with Crippen molar-refractivity contribution in [3.63, 3.8) is 0 Å². The summed E-state index contributed by atoms with van der Waals surface area (Å²) in [7, 11) is 0. The Bertz CT molecular complexity index is 1770. The van der Waals surface area contributed by atoms with Gasteiger partial charge >= 0.3 is 6.18 Å². The molecule has 0 radical (unpaired) electrons. The Balaban J connectivity index is 1.21. The van der Waals surface area contributed by atoms with E-state index >= 15 is 4.39 Å². The second kappa shape index (κ2) is 10.8. The summed E-state index contributed by atoms with van der Waals surface area (Å²) in [4.78, 5) is 29.1. The summed E-state index contributed by atoms with van der Waals surface area (Å²) < 4.78 is 56.8. The number of carbonyl (C=O) groups excluding carboxylic acids is 1. The number of anilines is 1. The molecule has 6 rings (SSSR count). The third-order valence-corrected chi connectivity index (χ3v) is 7.17. The molecule has 0 bridgehead atoms. The molecule has 9 nitrogen and oxygen atoms in total. The molecule has 13 heteroatoms. The van der Waals surface area contributed by atoms with E-state index in [0.717, 1.165) is 18.2 Å². The Morgan fingerprint density at radius 1 is 0.929 bits per heavy atom. The molecule has 1 aliphatic rings. The van der Waals surface area contributed by atoms with Gasteiger partial charge in [-0.3, -0.25) is 14.7 Å². The number of amides is 1. The molecule has 1 aliphatic heterocycles. The van der Waals surface area contributed by atoms with E-state index in [1.54, 1.807) is 23.2 Å². The number of pyridine rings is 2. The molecule has 214 valence electrons. The quantitative estimate of drug-likeness (QED) is 0.306. The number of nitrogens with zero attached hydrogens (tertiary/aromatic N) is 7. The maximum atomic E-state index is 15.3. The van der Waals surface area contributed by atoms with E-state index in [0.29, 0.717) is 43.1 Å². The van der Waals surface area contributed by atoms with Gasteiger partial charge in [0, 0.05) is 62.4 Å². The lowest BCUT2D eigenvalue weighted by molar-refractivity contribution is -0.137. The van der Waals surface area contributed by atoms with Crippen molar-refractivity contribution in [2.75, 3.05) is 31.9 Å². The molecule has 5 heterocycles. The number of carbonyl (C=O) groups is 1. The first-order chi connectivity index (χ1) is 20.2. The van der Waals surface area contributed by atoms with Crippen molar-refractivity contribution in [3.05, 3.63) is 95.8 Å². The first-order valence-corrected chi connectivity index (χ1v) is 13.1. The van der Waals surface area contributed by atoms with E-state index in [2.05, 4.69) is 25.0 Å². The number of benzene rings is 1. The van der Waals surface area contributed by atoms with Crippen LogP contribution in [0, 0.1) is 5.82 Å². The number of piperazine rings is 1. The monoisotopic (exact) mass is 576 g/mol. The van der Waals surface area contributed by atoms with Crippen molar-refractivity contribution in [2.24, 2.45) is 0 Å². The lowest BCUT2D eigenvalue weighted by atomic mass is 10.1. The summed E-state index contributed by atoms with van der Waals surface area (Å²) in [6.07, 6.45) is 1.54. The highest BCUT2D eigenvalue weighted by Gasteiger charge is 2.34. The fourth-order valence-electron chi connectivity index (χ4n) is 4.94. The fourth-order valence-corrected chi connectivity index (χ4v) is 4.94. The highest BCUT2D eigenvalue weighted by molar-refractivity contribution is 5.95. The van der Waals surface area contributed by atoms with Crippen molar-refractivity contribution in [1.82, 2.24) is 34.4 Å². The van der Waals surface area contributed by atoms with Gasteiger partial charge in [-0.25, -0.2) is 18.9 Å². The number of fused-ring (bicyclic) bond motifs is 1. The van der Waals surface area contributed by atoms with E-state index in [9.17, 15) is 18.0 Å². The van der Waals surface area contributed by atoms with E-state index in [1.807, 2.05) is 18.3 Å². The molecule has 0 unspecified atom stereocenters. The summed E-state index contributed by atoms with van der Waals surface area (Å²) in [6, 6.07) is 12.1. The zero-order chi connectivity index (χ0) is 29.4. The van der Waals surface area contributed by atoms with Gasteiger partial charge in [0.15, 0.2) is 5.65 Å². The SMILES string of the molecule is Nc1ncc(-c2ccc3ncc(-c4ccc(C(=O)N5CCN(Cc6cccnc6)CC5)c(F)c4)n3n2)cc1C(F)(F)F. The number of alkyl halides is 3. The van der Waals surface area contributed by atoms with Gasteiger partial charge in [-0.1, -0.05) is 12.1 Å². The lowest BCUT2D eigenvalue weighted by Crippen LogP contribution is -2.48. The molecule has 0 aliphatic carbocycles. The van der Waals surface area contributed by atoms with E-state index < -0.39 is 29.3 Å².